The number of rotatable bonds is 62. The van der Waals surface area contributed by atoms with Crippen molar-refractivity contribution in [3.8, 4) is 0 Å². The van der Waals surface area contributed by atoms with Gasteiger partial charge in [0.1, 0.15) is 13.2 Å². The van der Waals surface area contributed by atoms with Gasteiger partial charge in [0.25, 0.3) is 0 Å². The quantitative estimate of drug-likeness (QED) is 0.0261. The fourth-order valence-electron chi connectivity index (χ4n) is 10.1. The molecule has 1 unspecified atom stereocenters. The van der Waals surface area contributed by atoms with Crippen LogP contribution in [0.3, 0.4) is 0 Å². The standard InChI is InChI=1S/C69H128O6/c1-4-7-10-13-16-18-20-22-24-26-28-29-30-31-32-33-34-35-36-37-38-39-40-41-42-44-45-47-49-51-53-56-59-62-68(71)74-65-66(64-73-67(70)61-58-55-15-12-9-6-3)75-69(72)63-60-57-54-52-50-48-46-43-27-25-23-21-19-17-14-11-8-5-2/h20,22,25-28,66H,4-19,21,23-24,29-65H2,1-3H3/b22-20-,27-25-,28-26-. The first-order chi connectivity index (χ1) is 37.0. The van der Waals surface area contributed by atoms with Crippen LogP contribution in [0.4, 0.5) is 0 Å². The summed E-state index contributed by atoms with van der Waals surface area (Å²) in [6, 6.07) is 0. The molecule has 0 aromatic heterocycles. The summed E-state index contributed by atoms with van der Waals surface area (Å²) >= 11 is 0. The zero-order chi connectivity index (χ0) is 54.3. The first-order valence-electron chi connectivity index (χ1n) is 33.5. The van der Waals surface area contributed by atoms with E-state index >= 15 is 0 Å². The lowest BCUT2D eigenvalue weighted by atomic mass is 10.0. The Labute approximate surface area is 467 Å². The van der Waals surface area contributed by atoms with Gasteiger partial charge in [0, 0.05) is 19.3 Å². The van der Waals surface area contributed by atoms with Gasteiger partial charge in [0.15, 0.2) is 6.10 Å². The van der Waals surface area contributed by atoms with Crippen LogP contribution in [0, 0.1) is 0 Å². The first kappa shape index (κ1) is 72.6. The summed E-state index contributed by atoms with van der Waals surface area (Å²) in [5.41, 5.74) is 0. The molecule has 6 nitrogen and oxygen atoms in total. The Morgan fingerprint density at radius 3 is 0.747 bits per heavy atom. The summed E-state index contributed by atoms with van der Waals surface area (Å²) in [6.45, 7) is 6.62. The molecule has 0 rings (SSSR count). The lowest BCUT2D eigenvalue weighted by Crippen LogP contribution is -2.30. The van der Waals surface area contributed by atoms with Gasteiger partial charge in [-0.25, -0.2) is 0 Å². The lowest BCUT2D eigenvalue weighted by Gasteiger charge is -2.18. The first-order valence-corrected chi connectivity index (χ1v) is 33.5. The molecule has 0 saturated heterocycles. The molecule has 0 radical (unpaired) electrons. The van der Waals surface area contributed by atoms with Crippen LogP contribution in [-0.4, -0.2) is 37.2 Å². The molecule has 0 aromatic rings. The molecular weight excluding hydrogens is 925 g/mol. The lowest BCUT2D eigenvalue weighted by molar-refractivity contribution is -0.167. The zero-order valence-corrected chi connectivity index (χ0v) is 50.6. The molecule has 0 aliphatic carbocycles. The van der Waals surface area contributed by atoms with Gasteiger partial charge in [-0.1, -0.05) is 308 Å². The second kappa shape index (κ2) is 64.2. The molecule has 0 saturated carbocycles. The highest BCUT2D eigenvalue weighted by atomic mass is 16.6. The van der Waals surface area contributed by atoms with E-state index in [0.29, 0.717) is 19.3 Å². The van der Waals surface area contributed by atoms with Crippen molar-refractivity contribution < 1.29 is 28.6 Å². The van der Waals surface area contributed by atoms with Crippen molar-refractivity contribution in [2.75, 3.05) is 13.2 Å². The molecule has 0 heterocycles. The van der Waals surface area contributed by atoms with Crippen molar-refractivity contribution in [3.63, 3.8) is 0 Å². The largest absolute Gasteiger partial charge is 0.462 e. The minimum atomic E-state index is -0.768. The highest BCUT2D eigenvalue weighted by molar-refractivity contribution is 5.71. The van der Waals surface area contributed by atoms with Crippen LogP contribution >= 0.6 is 0 Å². The van der Waals surface area contributed by atoms with Gasteiger partial charge in [0.2, 0.25) is 0 Å². The predicted octanol–water partition coefficient (Wildman–Crippen LogP) is 22.8. The van der Waals surface area contributed by atoms with Gasteiger partial charge in [0.05, 0.1) is 0 Å². The fourth-order valence-corrected chi connectivity index (χ4v) is 10.1. The molecule has 75 heavy (non-hydrogen) atoms. The van der Waals surface area contributed by atoms with Crippen LogP contribution in [0.2, 0.25) is 0 Å². The van der Waals surface area contributed by atoms with Crippen molar-refractivity contribution in [2.24, 2.45) is 0 Å². The number of carbonyl (C=O) groups is 3. The van der Waals surface area contributed by atoms with Crippen molar-refractivity contribution in [1.29, 1.82) is 0 Å². The van der Waals surface area contributed by atoms with Crippen molar-refractivity contribution in [2.45, 2.75) is 374 Å². The van der Waals surface area contributed by atoms with Crippen LogP contribution in [0.5, 0.6) is 0 Å². The number of allylic oxidation sites excluding steroid dienone is 6. The van der Waals surface area contributed by atoms with Crippen LogP contribution in [-0.2, 0) is 28.6 Å². The Balaban J connectivity index is 3.94. The summed E-state index contributed by atoms with van der Waals surface area (Å²) < 4.78 is 16.8. The van der Waals surface area contributed by atoms with Gasteiger partial charge in [-0.2, -0.15) is 0 Å². The number of hydrogen-bond acceptors (Lipinski definition) is 6. The number of hydrogen-bond donors (Lipinski definition) is 0. The third kappa shape index (κ3) is 62.4. The Kier molecular flexibility index (Phi) is 62.1. The Hall–Kier alpha value is -2.37. The second-order valence-corrected chi connectivity index (χ2v) is 22.7. The topological polar surface area (TPSA) is 78.9 Å². The Bertz CT molecular complexity index is 1250. The van der Waals surface area contributed by atoms with Crippen LogP contribution in [0.1, 0.15) is 367 Å². The molecule has 0 bridgehead atoms. The van der Waals surface area contributed by atoms with Crippen molar-refractivity contribution in [1.82, 2.24) is 0 Å². The molecule has 0 aliphatic rings. The average Bonchev–Trinajstić information content (AvgIpc) is 3.41. The van der Waals surface area contributed by atoms with Crippen LogP contribution in [0.25, 0.3) is 0 Å². The normalized spacial score (nSPS) is 12.2. The Morgan fingerprint density at radius 1 is 0.267 bits per heavy atom. The smallest absolute Gasteiger partial charge is 0.306 e. The molecule has 6 heteroatoms. The SMILES string of the molecule is CCCCCCC/C=C\C/C=C\CCCCCCCCCCCCCCCCCCCCCCCC(=O)OCC(COC(=O)CCCCCCCC)OC(=O)CCCCCCCCC/C=C\CCCCCCCCC. The molecule has 440 valence electrons. The van der Waals surface area contributed by atoms with E-state index in [9.17, 15) is 14.4 Å². The molecule has 0 amide bonds. The summed E-state index contributed by atoms with van der Waals surface area (Å²) in [5.74, 6) is -0.862. The van der Waals surface area contributed by atoms with E-state index in [-0.39, 0.29) is 31.1 Å². The molecule has 0 spiro atoms. The Morgan fingerprint density at radius 2 is 0.480 bits per heavy atom. The third-order valence-electron chi connectivity index (χ3n) is 15.1. The maximum atomic E-state index is 12.8. The fraction of sp³-hybridized carbons (Fsp3) is 0.870. The van der Waals surface area contributed by atoms with Gasteiger partial charge in [-0.15, -0.1) is 0 Å². The maximum absolute atomic E-state index is 12.8. The molecule has 1 atom stereocenters. The molecule has 0 aliphatic heterocycles. The number of ether oxygens (including phenoxy) is 3. The van der Waals surface area contributed by atoms with E-state index < -0.39 is 6.10 Å². The minimum absolute atomic E-state index is 0.0690. The highest BCUT2D eigenvalue weighted by Gasteiger charge is 2.19. The van der Waals surface area contributed by atoms with Crippen molar-refractivity contribution >= 4 is 17.9 Å². The van der Waals surface area contributed by atoms with Gasteiger partial charge in [-0.3, -0.25) is 14.4 Å². The van der Waals surface area contributed by atoms with E-state index in [2.05, 4.69) is 57.2 Å². The monoisotopic (exact) mass is 1050 g/mol. The maximum Gasteiger partial charge on any atom is 0.306 e. The van der Waals surface area contributed by atoms with Gasteiger partial charge < -0.3 is 14.2 Å². The zero-order valence-electron chi connectivity index (χ0n) is 50.6. The van der Waals surface area contributed by atoms with E-state index in [1.807, 2.05) is 0 Å². The van der Waals surface area contributed by atoms with E-state index in [1.165, 1.54) is 263 Å². The number of esters is 3. The van der Waals surface area contributed by atoms with E-state index in [0.717, 1.165) is 64.2 Å². The van der Waals surface area contributed by atoms with Crippen molar-refractivity contribution in [3.05, 3.63) is 36.5 Å². The summed E-state index contributed by atoms with van der Waals surface area (Å²) in [4.78, 5) is 38.0. The number of carbonyl (C=O) groups excluding carboxylic acids is 3. The molecule has 0 N–H and O–H groups in total. The number of unbranched alkanes of at least 4 members (excludes halogenated alkanes) is 45. The summed E-state index contributed by atoms with van der Waals surface area (Å²) in [7, 11) is 0. The van der Waals surface area contributed by atoms with Crippen LogP contribution < -0.4 is 0 Å². The molecule has 0 aromatic carbocycles. The van der Waals surface area contributed by atoms with Gasteiger partial charge in [-0.05, 0) is 77.0 Å². The van der Waals surface area contributed by atoms with E-state index in [4.69, 9.17) is 14.2 Å². The second-order valence-electron chi connectivity index (χ2n) is 22.7. The average molecular weight is 1050 g/mol. The third-order valence-corrected chi connectivity index (χ3v) is 15.1. The summed E-state index contributed by atoms with van der Waals surface area (Å²) in [6.07, 6.45) is 79.3. The molecule has 0 fully saturated rings. The highest BCUT2D eigenvalue weighted by Crippen LogP contribution is 2.18. The minimum Gasteiger partial charge on any atom is -0.462 e. The predicted molar refractivity (Wildman–Crippen MR) is 326 cm³/mol. The van der Waals surface area contributed by atoms with Crippen LogP contribution in [0.15, 0.2) is 36.5 Å². The van der Waals surface area contributed by atoms with E-state index in [1.54, 1.807) is 0 Å². The summed E-state index contributed by atoms with van der Waals surface area (Å²) in [5, 5.41) is 0. The van der Waals surface area contributed by atoms with Gasteiger partial charge >= 0.3 is 17.9 Å². The molecular formula is C69H128O6.